The van der Waals surface area contributed by atoms with Crippen LogP contribution in [0.15, 0.2) is 0 Å². The van der Waals surface area contributed by atoms with E-state index in [1.54, 1.807) is 0 Å². The molecule has 0 aliphatic heterocycles. The summed E-state index contributed by atoms with van der Waals surface area (Å²) in [6.45, 7) is 9.48. The Hall–Kier alpha value is -1.94. The van der Waals surface area contributed by atoms with Crippen LogP contribution in [-0.2, 0) is 65.4 Å². The topological polar surface area (TPSA) is 237 Å². The summed E-state index contributed by atoms with van der Waals surface area (Å²) in [6, 6.07) is 0. The number of phosphoric acid groups is 2. The summed E-state index contributed by atoms with van der Waals surface area (Å²) in [5.41, 5.74) is 0. The predicted octanol–water partition coefficient (Wildman–Crippen LogP) is 20.0. The second-order valence-electron chi connectivity index (χ2n) is 26.2. The molecule has 528 valence electrons. The van der Waals surface area contributed by atoms with Gasteiger partial charge in [0.25, 0.3) is 0 Å². The lowest BCUT2D eigenvalue weighted by Crippen LogP contribution is -2.30. The fourth-order valence-electron chi connectivity index (χ4n) is 10.6. The van der Waals surface area contributed by atoms with Crippen LogP contribution in [0.2, 0.25) is 0 Å². The molecule has 0 aromatic carbocycles. The van der Waals surface area contributed by atoms with Crippen molar-refractivity contribution in [1.29, 1.82) is 0 Å². The Morgan fingerprint density at radius 3 is 0.764 bits per heavy atom. The Balaban J connectivity index is 5.10. The average Bonchev–Trinajstić information content (AvgIpc) is 3.55. The summed E-state index contributed by atoms with van der Waals surface area (Å²) in [5.74, 6) is -0.546. The lowest BCUT2D eigenvalue weighted by molar-refractivity contribution is -0.161. The normalized spacial score (nSPS) is 14.1. The highest BCUT2D eigenvalue weighted by Gasteiger charge is 2.30. The number of hydrogen-bond donors (Lipinski definition) is 3. The zero-order valence-electron chi connectivity index (χ0n) is 57.7. The minimum Gasteiger partial charge on any atom is -0.462 e. The molecule has 0 amide bonds. The molecular weight excluding hydrogens is 1170 g/mol. The first-order valence-corrected chi connectivity index (χ1v) is 39.5. The number of carbonyl (C=O) groups excluding carboxylic acids is 4. The fraction of sp³-hybridized carbons (Fsp3) is 0.943. The van der Waals surface area contributed by atoms with Gasteiger partial charge in [0, 0.05) is 25.7 Å². The van der Waals surface area contributed by atoms with E-state index in [-0.39, 0.29) is 25.7 Å². The van der Waals surface area contributed by atoms with Crippen LogP contribution in [0.1, 0.15) is 356 Å². The van der Waals surface area contributed by atoms with Crippen LogP contribution in [0.3, 0.4) is 0 Å². The van der Waals surface area contributed by atoms with Gasteiger partial charge in [-0.1, -0.05) is 305 Å². The molecule has 0 rings (SSSR count). The molecule has 89 heavy (non-hydrogen) atoms. The SMILES string of the molecule is CCCCCCCCCCCC(=O)O[C@H](COC(=O)CCCCCCC)COP(=O)(O)OC[C@H](O)COP(=O)(O)OC[C@@H](COC(=O)CCCCCCCCCCCCCC(C)C)OC(=O)CCCCCCCCCCCCCCCCCCCCC(C)C. The standard InChI is InChI=1S/C70H136O17P2/c1-7-9-11-13-14-28-36-42-48-54-69(74)86-65(58-80-67(72)52-46-38-12-10-8-2)60-84-88(76,77)82-56-64(71)57-83-89(78,79)85-61-66(59-81-68(73)53-47-41-35-31-27-23-25-30-34-40-45-51-63(5)6)87-70(75)55-49-43-37-32-26-22-20-18-16-15-17-19-21-24-29-33-39-44-50-62(3)4/h62-66,71H,7-61H2,1-6H3,(H,76,77)(H,78,79)/t64-,65+,66+/m0/s1. The number of aliphatic hydroxyl groups is 1. The number of ether oxygens (including phenoxy) is 4. The molecule has 0 aromatic rings. The third kappa shape index (κ3) is 64.6. The number of aliphatic hydroxyl groups excluding tert-OH is 1. The highest BCUT2D eigenvalue weighted by molar-refractivity contribution is 7.47. The molecule has 0 bridgehead atoms. The van der Waals surface area contributed by atoms with E-state index in [0.717, 1.165) is 108 Å². The number of unbranched alkanes of at least 4 members (excludes halogenated alkanes) is 39. The zero-order chi connectivity index (χ0) is 65.7. The smallest absolute Gasteiger partial charge is 0.462 e. The van der Waals surface area contributed by atoms with Crippen molar-refractivity contribution in [1.82, 2.24) is 0 Å². The Morgan fingerprint density at radius 2 is 0.517 bits per heavy atom. The molecular formula is C70H136O17P2. The molecule has 3 N–H and O–H groups in total. The molecule has 0 saturated carbocycles. The van der Waals surface area contributed by atoms with Crippen molar-refractivity contribution in [3.63, 3.8) is 0 Å². The van der Waals surface area contributed by atoms with Gasteiger partial charge in [0.05, 0.1) is 26.4 Å². The molecule has 0 heterocycles. The van der Waals surface area contributed by atoms with Crippen molar-refractivity contribution < 1.29 is 80.2 Å². The van der Waals surface area contributed by atoms with Crippen molar-refractivity contribution in [3.05, 3.63) is 0 Å². The van der Waals surface area contributed by atoms with Crippen molar-refractivity contribution in [2.45, 2.75) is 374 Å². The minimum absolute atomic E-state index is 0.105. The van der Waals surface area contributed by atoms with Crippen molar-refractivity contribution in [2.24, 2.45) is 11.8 Å². The molecule has 0 aromatic heterocycles. The van der Waals surface area contributed by atoms with E-state index in [0.29, 0.717) is 25.7 Å². The predicted molar refractivity (Wildman–Crippen MR) is 358 cm³/mol. The summed E-state index contributed by atoms with van der Waals surface area (Å²) >= 11 is 0. The Morgan fingerprint density at radius 1 is 0.303 bits per heavy atom. The van der Waals surface area contributed by atoms with Gasteiger partial charge in [-0.05, 0) is 37.5 Å². The third-order valence-electron chi connectivity index (χ3n) is 16.2. The zero-order valence-corrected chi connectivity index (χ0v) is 59.5. The summed E-state index contributed by atoms with van der Waals surface area (Å²) < 4.78 is 68.0. The van der Waals surface area contributed by atoms with Crippen LogP contribution in [-0.4, -0.2) is 96.7 Å². The highest BCUT2D eigenvalue weighted by Crippen LogP contribution is 2.45. The molecule has 0 fully saturated rings. The van der Waals surface area contributed by atoms with E-state index in [2.05, 4.69) is 41.5 Å². The maximum absolute atomic E-state index is 13.0. The molecule has 17 nitrogen and oxygen atoms in total. The van der Waals surface area contributed by atoms with E-state index in [1.807, 2.05) is 0 Å². The molecule has 0 aliphatic carbocycles. The average molecular weight is 1310 g/mol. The van der Waals surface area contributed by atoms with Gasteiger partial charge in [-0.25, -0.2) is 9.13 Å². The quantitative estimate of drug-likeness (QED) is 0.0222. The van der Waals surface area contributed by atoms with Gasteiger partial charge in [-0.2, -0.15) is 0 Å². The van der Waals surface area contributed by atoms with Gasteiger partial charge in [0.2, 0.25) is 0 Å². The lowest BCUT2D eigenvalue weighted by atomic mass is 10.0. The van der Waals surface area contributed by atoms with Crippen LogP contribution in [0.25, 0.3) is 0 Å². The molecule has 2 unspecified atom stereocenters. The largest absolute Gasteiger partial charge is 0.472 e. The second kappa shape index (κ2) is 62.2. The molecule has 5 atom stereocenters. The fourth-order valence-corrected chi connectivity index (χ4v) is 12.2. The van der Waals surface area contributed by atoms with Crippen LogP contribution >= 0.6 is 15.6 Å². The number of carbonyl (C=O) groups is 4. The van der Waals surface area contributed by atoms with Gasteiger partial charge in [0.1, 0.15) is 19.3 Å². The van der Waals surface area contributed by atoms with E-state index < -0.39 is 97.5 Å². The molecule has 0 radical (unpaired) electrons. The first-order valence-electron chi connectivity index (χ1n) is 36.5. The maximum Gasteiger partial charge on any atom is 0.472 e. The Bertz CT molecular complexity index is 1730. The first kappa shape index (κ1) is 87.1. The number of phosphoric ester groups is 2. The number of esters is 4. The third-order valence-corrected chi connectivity index (χ3v) is 18.1. The van der Waals surface area contributed by atoms with Crippen LogP contribution < -0.4 is 0 Å². The summed E-state index contributed by atoms with van der Waals surface area (Å²) in [7, 11) is -9.89. The van der Waals surface area contributed by atoms with E-state index in [1.165, 1.54) is 167 Å². The molecule has 19 heteroatoms. The van der Waals surface area contributed by atoms with Gasteiger partial charge in [-0.15, -0.1) is 0 Å². The lowest BCUT2D eigenvalue weighted by Gasteiger charge is -2.21. The summed E-state index contributed by atoms with van der Waals surface area (Å²) in [4.78, 5) is 72.2. The van der Waals surface area contributed by atoms with Gasteiger partial charge in [0.15, 0.2) is 12.2 Å². The monoisotopic (exact) mass is 1310 g/mol. The van der Waals surface area contributed by atoms with E-state index >= 15 is 0 Å². The van der Waals surface area contributed by atoms with Gasteiger partial charge in [-0.3, -0.25) is 37.3 Å². The number of rotatable bonds is 69. The van der Waals surface area contributed by atoms with Crippen molar-refractivity contribution in [2.75, 3.05) is 39.6 Å². The summed E-state index contributed by atoms with van der Waals surface area (Å²) in [5, 5.41) is 10.5. The maximum atomic E-state index is 13.0. The molecule has 0 aliphatic rings. The molecule has 0 spiro atoms. The van der Waals surface area contributed by atoms with Crippen molar-refractivity contribution >= 4 is 39.5 Å². The van der Waals surface area contributed by atoms with E-state index in [4.69, 9.17) is 37.0 Å². The first-order chi connectivity index (χ1) is 42.9. The van der Waals surface area contributed by atoms with Crippen LogP contribution in [0, 0.1) is 11.8 Å². The van der Waals surface area contributed by atoms with E-state index in [9.17, 15) is 43.2 Å². The minimum atomic E-state index is -4.95. The number of hydrogen-bond acceptors (Lipinski definition) is 15. The van der Waals surface area contributed by atoms with Crippen LogP contribution in [0.4, 0.5) is 0 Å². The van der Waals surface area contributed by atoms with Crippen molar-refractivity contribution in [3.8, 4) is 0 Å². The van der Waals surface area contributed by atoms with Crippen LogP contribution in [0.5, 0.6) is 0 Å². The Kier molecular flexibility index (Phi) is 60.8. The van der Waals surface area contributed by atoms with Gasteiger partial charge < -0.3 is 33.8 Å². The highest BCUT2D eigenvalue weighted by atomic mass is 31.2. The van der Waals surface area contributed by atoms with Gasteiger partial charge >= 0.3 is 39.5 Å². The second-order valence-corrected chi connectivity index (χ2v) is 29.1. The Labute approximate surface area is 543 Å². The summed E-state index contributed by atoms with van der Waals surface area (Å²) in [6.07, 6.45) is 47.7. The molecule has 0 saturated heterocycles.